The summed E-state index contributed by atoms with van der Waals surface area (Å²) >= 11 is 0. The maximum Gasteiger partial charge on any atom is 0.379 e. The zero-order chi connectivity index (χ0) is 24.1. The van der Waals surface area contributed by atoms with E-state index in [1.165, 1.54) is 19.4 Å². The fraction of sp³-hybridized carbons (Fsp3) is 0.308. The summed E-state index contributed by atoms with van der Waals surface area (Å²) < 4.78 is 32.0. The van der Waals surface area contributed by atoms with Crippen LogP contribution in [-0.4, -0.2) is 39.9 Å². The summed E-state index contributed by atoms with van der Waals surface area (Å²) in [4.78, 5) is 24.7. The van der Waals surface area contributed by atoms with Crippen LogP contribution in [0.15, 0.2) is 59.2 Å². The third kappa shape index (κ3) is 5.01. The van der Waals surface area contributed by atoms with Gasteiger partial charge in [0.2, 0.25) is 5.76 Å². The van der Waals surface area contributed by atoms with Gasteiger partial charge in [-0.15, -0.1) is 0 Å². The molecule has 178 valence electrons. The lowest BCUT2D eigenvalue weighted by Crippen LogP contribution is -2.20. The first-order valence-corrected chi connectivity index (χ1v) is 10.8. The van der Waals surface area contributed by atoms with E-state index >= 15 is 0 Å². The quantitative estimate of drug-likeness (QED) is 0.344. The van der Waals surface area contributed by atoms with Crippen LogP contribution in [-0.2, 0) is 22.4 Å². The monoisotopic (exact) mass is 466 g/mol. The van der Waals surface area contributed by atoms with E-state index in [1.807, 2.05) is 24.3 Å². The van der Waals surface area contributed by atoms with Crippen molar-refractivity contribution in [3.05, 3.63) is 71.7 Å². The standard InChI is InChI=1S/C26H26O8/c1-29-20-8-6-16(13-23(20)30-2)11-18-15-33-25(27)19(18)12-17-7-9-21(24(14-17)31-3)34-26(28)22-5-4-10-32-22/h4-10,13-14,18-19H,11-12,15H2,1-3H3/t18-,19+/m0/s1. The van der Waals surface area contributed by atoms with Gasteiger partial charge >= 0.3 is 11.9 Å². The molecule has 0 radical (unpaired) electrons. The third-order valence-corrected chi connectivity index (χ3v) is 5.87. The van der Waals surface area contributed by atoms with Crippen molar-refractivity contribution in [3.8, 4) is 23.0 Å². The van der Waals surface area contributed by atoms with Crippen LogP contribution in [0.5, 0.6) is 23.0 Å². The van der Waals surface area contributed by atoms with Gasteiger partial charge < -0.3 is 28.1 Å². The lowest BCUT2D eigenvalue weighted by atomic mass is 9.85. The highest BCUT2D eigenvalue weighted by Crippen LogP contribution is 2.35. The summed E-state index contributed by atoms with van der Waals surface area (Å²) in [5.41, 5.74) is 1.90. The van der Waals surface area contributed by atoms with Crippen LogP contribution in [0.2, 0.25) is 0 Å². The van der Waals surface area contributed by atoms with E-state index in [9.17, 15) is 9.59 Å². The molecule has 1 saturated heterocycles. The van der Waals surface area contributed by atoms with Gasteiger partial charge in [-0.1, -0.05) is 12.1 Å². The van der Waals surface area contributed by atoms with Crippen molar-refractivity contribution in [2.24, 2.45) is 11.8 Å². The van der Waals surface area contributed by atoms with Gasteiger partial charge in [-0.3, -0.25) is 4.79 Å². The molecule has 0 aliphatic carbocycles. The molecule has 2 atom stereocenters. The van der Waals surface area contributed by atoms with E-state index in [2.05, 4.69) is 0 Å². The first kappa shape index (κ1) is 23.2. The van der Waals surface area contributed by atoms with Gasteiger partial charge in [0.25, 0.3) is 0 Å². The molecule has 2 aromatic carbocycles. The Hall–Kier alpha value is -3.94. The third-order valence-electron chi connectivity index (χ3n) is 5.87. The molecule has 0 amide bonds. The van der Waals surface area contributed by atoms with Crippen LogP contribution in [0, 0.1) is 11.8 Å². The zero-order valence-electron chi connectivity index (χ0n) is 19.2. The Morgan fingerprint density at radius 2 is 1.53 bits per heavy atom. The topological polar surface area (TPSA) is 93.4 Å². The first-order chi connectivity index (χ1) is 16.5. The predicted octanol–water partition coefficient (Wildman–Crippen LogP) is 4.10. The van der Waals surface area contributed by atoms with Crippen molar-refractivity contribution >= 4 is 11.9 Å². The molecule has 0 spiro atoms. The molecule has 1 aliphatic rings. The van der Waals surface area contributed by atoms with Crippen LogP contribution < -0.4 is 18.9 Å². The summed E-state index contributed by atoms with van der Waals surface area (Å²) in [5.74, 6) is 0.903. The molecule has 8 heteroatoms. The fourth-order valence-corrected chi connectivity index (χ4v) is 4.09. The number of benzene rings is 2. The summed E-state index contributed by atoms with van der Waals surface area (Å²) in [6.45, 7) is 0.355. The molecular weight excluding hydrogens is 440 g/mol. The summed E-state index contributed by atoms with van der Waals surface area (Å²) in [5, 5.41) is 0. The van der Waals surface area contributed by atoms with Gasteiger partial charge in [-0.2, -0.15) is 0 Å². The van der Waals surface area contributed by atoms with Gasteiger partial charge in [-0.25, -0.2) is 4.79 Å². The van der Waals surface area contributed by atoms with E-state index in [1.54, 1.807) is 32.4 Å². The van der Waals surface area contributed by atoms with Crippen molar-refractivity contribution in [1.29, 1.82) is 0 Å². The lowest BCUT2D eigenvalue weighted by Gasteiger charge is -2.17. The minimum Gasteiger partial charge on any atom is -0.493 e. The van der Waals surface area contributed by atoms with Crippen LogP contribution in [0.3, 0.4) is 0 Å². The second kappa shape index (κ2) is 10.3. The highest BCUT2D eigenvalue weighted by molar-refractivity contribution is 5.88. The molecule has 0 bridgehead atoms. The smallest absolute Gasteiger partial charge is 0.379 e. The van der Waals surface area contributed by atoms with E-state index in [-0.39, 0.29) is 29.3 Å². The minimum atomic E-state index is -0.620. The SMILES string of the molecule is COc1ccc(C[C@H]2COC(=O)[C@@H]2Cc2ccc(OC(=O)c3ccco3)c(OC)c2)cc1OC. The fourth-order valence-electron chi connectivity index (χ4n) is 4.09. The maximum absolute atomic E-state index is 12.5. The van der Waals surface area contributed by atoms with Crippen molar-refractivity contribution in [1.82, 2.24) is 0 Å². The van der Waals surface area contributed by atoms with Crippen molar-refractivity contribution in [3.63, 3.8) is 0 Å². The van der Waals surface area contributed by atoms with Gasteiger partial charge in [0.05, 0.1) is 40.1 Å². The minimum absolute atomic E-state index is 0.00746. The van der Waals surface area contributed by atoms with Gasteiger partial charge in [-0.05, 0) is 60.4 Å². The Balaban J connectivity index is 1.48. The number of cyclic esters (lactones) is 1. The van der Waals surface area contributed by atoms with E-state index in [0.29, 0.717) is 36.7 Å². The number of rotatable bonds is 9. The van der Waals surface area contributed by atoms with E-state index in [0.717, 1.165) is 11.1 Å². The average molecular weight is 466 g/mol. The van der Waals surface area contributed by atoms with Crippen LogP contribution in [0.1, 0.15) is 21.7 Å². The maximum atomic E-state index is 12.5. The van der Waals surface area contributed by atoms with Gasteiger partial charge in [0.15, 0.2) is 23.0 Å². The Morgan fingerprint density at radius 3 is 2.18 bits per heavy atom. The number of hydrogen-bond donors (Lipinski definition) is 0. The Labute approximate surface area is 197 Å². The number of furan rings is 1. The largest absolute Gasteiger partial charge is 0.493 e. The average Bonchev–Trinajstić information content (AvgIpc) is 3.51. The number of ether oxygens (including phenoxy) is 5. The van der Waals surface area contributed by atoms with Crippen molar-refractivity contribution < 1.29 is 37.7 Å². The van der Waals surface area contributed by atoms with E-state index in [4.69, 9.17) is 28.1 Å². The molecule has 0 N–H and O–H groups in total. The normalized spacial score (nSPS) is 17.2. The highest BCUT2D eigenvalue weighted by atomic mass is 16.6. The second-order valence-corrected chi connectivity index (χ2v) is 7.95. The molecule has 4 rings (SSSR count). The summed E-state index contributed by atoms with van der Waals surface area (Å²) in [7, 11) is 4.68. The zero-order valence-corrected chi connectivity index (χ0v) is 19.2. The predicted molar refractivity (Wildman–Crippen MR) is 122 cm³/mol. The van der Waals surface area contributed by atoms with E-state index < -0.39 is 5.97 Å². The molecule has 1 aromatic heterocycles. The number of methoxy groups -OCH3 is 3. The molecule has 3 aromatic rings. The lowest BCUT2D eigenvalue weighted by molar-refractivity contribution is -0.141. The number of hydrogen-bond acceptors (Lipinski definition) is 8. The van der Waals surface area contributed by atoms with Crippen LogP contribution in [0.4, 0.5) is 0 Å². The molecule has 8 nitrogen and oxygen atoms in total. The molecular formula is C26H26O8. The Bertz CT molecular complexity index is 1150. The van der Waals surface area contributed by atoms with Crippen LogP contribution in [0.25, 0.3) is 0 Å². The van der Waals surface area contributed by atoms with Crippen molar-refractivity contribution in [2.45, 2.75) is 12.8 Å². The molecule has 0 saturated carbocycles. The highest BCUT2D eigenvalue weighted by Gasteiger charge is 2.37. The molecule has 34 heavy (non-hydrogen) atoms. The summed E-state index contributed by atoms with van der Waals surface area (Å²) in [6, 6.07) is 14.1. The Morgan fingerprint density at radius 1 is 0.882 bits per heavy atom. The summed E-state index contributed by atoms with van der Waals surface area (Å²) in [6.07, 6.45) is 2.53. The molecule has 1 aliphatic heterocycles. The first-order valence-electron chi connectivity index (χ1n) is 10.8. The number of carbonyl (C=O) groups is 2. The second-order valence-electron chi connectivity index (χ2n) is 7.95. The number of carbonyl (C=O) groups excluding carboxylic acids is 2. The molecule has 0 unspecified atom stereocenters. The van der Waals surface area contributed by atoms with Crippen molar-refractivity contribution in [2.75, 3.05) is 27.9 Å². The van der Waals surface area contributed by atoms with Gasteiger partial charge in [0, 0.05) is 5.92 Å². The van der Waals surface area contributed by atoms with Gasteiger partial charge in [0.1, 0.15) is 0 Å². The van der Waals surface area contributed by atoms with Crippen LogP contribution >= 0.6 is 0 Å². The molecule has 2 heterocycles. The number of esters is 2. The Kier molecular flexibility index (Phi) is 7.06. The molecule has 1 fully saturated rings.